The van der Waals surface area contributed by atoms with E-state index in [1.165, 1.54) is 19.1 Å². The first-order valence-corrected chi connectivity index (χ1v) is 8.96. The molecule has 8 heteroatoms. The first-order valence-electron chi connectivity index (χ1n) is 8.96. The zero-order valence-electron chi connectivity index (χ0n) is 15.3. The number of rotatable bonds is 4. The molecule has 0 radical (unpaired) electrons. The first-order chi connectivity index (χ1) is 12.7. The second-order valence-corrected chi connectivity index (χ2v) is 7.39. The van der Waals surface area contributed by atoms with Gasteiger partial charge in [-0.3, -0.25) is 19.3 Å². The summed E-state index contributed by atoms with van der Waals surface area (Å²) in [5.41, 5.74) is -0.942. The standard InChI is InChI=1S/C19H22FN3O4/c1-11-5-7-19(8-6-11)17(26)23(18(27)22-19)10-16(25)14-4-3-13(9-15(14)20)21-12(2)24/h3-4,9,11H,5-8,10H2,1-2H3,(H,21,24)(H,22,27). The van der Waals surface area contributed by atoms with Crippen molar-refractivity contribution < 1.29 is 23.6 Å². The molecule has 27 heavy (non-hydrogen) atoms. The molecule has 1 heterocycles. The van der Waals surface area contributed by atoms with Gasteiger partial charge in [0.25, 0.3) is 5.91 Å². The quantitative estimate of drug-likeness (QED) is 0.624. The van der Waals surface area contributed by atoms with Crippen LogP contribution in [0.3, 0.4) is 0 Å². The van der Waals surface area contributed by atoms with E-state index in [9.17, 15) is 23.6 Å². The number of ketones is 1. The molecule has 0 bridgehead atoms. The van der Waals surface area contributed by atoms with Gasteiger partial charge in [-0.1, -0.05) is 6.92 Å². The Balaban J connectivity index is 1.73. The molecule has 7 nitrogen and oxygen atoms in total. The molecule has 1 spiro atoms. The topological polar surface area (TPSA) is 95.6 Å². The zero-order chi connectivity index (χ0) is 19.8. The SMILES string of the molecule is CC(=O)Nc1ccc(C(=O)CN2C(=O)NC3(CCC(C)CC3)C2=O)c(F)c1. The van der Waals surface area contributed by atoms with Crippen LogP contribution in [0.4, 0.5) is 14.9 Å². The van der Waals surface area contributed by atoms with Crippen LogP contribution >= 0.6 is 0 Å². The average molecular weight is 375 g/mol. The van der Waals surface area contributed by atoms with E-state index in [1.54, 1.807) is 0 Å². The van der Waals surface area contributed by atoms with Gasteiger partial charge in [-0.25, -0.2) is 9.18 Å². The molecule has 0 unspecified atom stereocenters. The lowest BCUT2D eigenvalue weighted by Gasteiger charge is -2.33. The van der Waals surface area contributed by atoms with Crippen LogP contribution in [0.25, 0.3) is 0 Å². The minimum atomic E-state index is -0.933. The number of amides is 4. The number of carbonyl (C=O) groups is 4. The van der Waals surface area contributed by atoms with Gasteiger partial charge in [-0.15, -0.1) is 0 Å². The summed E-state index contributed by atoms with van der Waals surface area (Å²) in [4.78, 5) is 49.4. The molecule has 2 fully saturated rings. The molecule has 1 aliphatic heterocycles. The van der Waals surface area contributed by atoms with Crippen molar-refractivity contribution in [3.63, 3.8) is 0 Å². The maximum Gasteiger partial charge on any atom is 0.325 e. The lowest BCUT2D eigenvalue weighted by Crippen LogP contribution is -2.49. The highest BCUT2D eigenvalue weighted by atomic mass is 19.1. The van der Waals surface area contributed by atoms with Crippen LogP contribution in [0.2, 0.25) is 0 Å². The Bertz CT molecular complexity index is 815. The molecule has 1 aliphatic carbocycles. The molecule has 2 aliphatic rings. The minimum Gasteiger partial charge on any atom is -0.326 e. The van der Waals surface area contributed by atoms with E-state index in [0.29, 0.717) is 18.8 Å². The van der Waals surface area contributed by atoms with Gasteiger partial charge < -0.3 is 10.6 Å². The largest absolute Gasteiger partial charge is 0.326 e. The predicted octanol–water partition coefficient (Wildman–Crippen LogP) is 2.47. The van der Waals surface area contributed by atoms with Gasteiger partial charge in [0.2, 0.25) is 5.91 Å². The summed E-state index contributed by atoms with van der Waals surface area (Å²) in [7, 11) is 0. The number of hydrogen-bond donors (Lipinski definition) is 2. The molecule has 1 aromatic rings. The molecule has 1 saturated carbocycles. The Labute approximate surface area is 156 Å². The maximum absolute atomic E-state index is 14.2. The normalized spacial score (nSPS) is 24.9. The van der Waals surface area contributed by atoms with Crippen LogP contribution in [0, 0.1) is 11.7 Å². The van der Waals surface area contributed by atoms with Crippen LogP contribution in [0.15, 0.2) is 18.2 Å². The number of urea groups is 1. The summed E-state index contributed by atoms with van der Waals surface area (Å²) < 4.78 is 14.2. The van der Waals surface area contributed by atoms with E-state index in [0.717, 1.165) is 23.8 Å². The molecular weight excluding hydrogens is 353 g/mol. The number of benzene rings is 1. The maximum atomic E-state index is 14.2. The molecule has 4 amide bonds. The van der Waals surface area contributed by atoms with Crippen molar-refractivity contribution in [1.82, 2.24) is 10.2 Å². The highest BCUT2D eigenvalue weighted by Crippen LogP contribution is 2.36. The van der Waals surface area contributed by atoms with E-state index >= 15 is 0 Å². The molecule has 0 aromatic heterocycles. The summed E-state index contributed by atoms with van der Waals surface area (Å²) in [6, 6.07) is 3.05. The Morgan fingerprint density at radius 1 is 1.30 bits per heavy atom. The van der Waals surface area contributed by atoms with Gasteiger partial charge in [0, 0.05) is 12.6 Å². The predicted molar refractivity (Wildman–Crippen MR) is 95.6 cm³/mol. The van der Waals surface area contributed by atoms with E-state index in [2.05, 4.69) is 17.6 Å². The van der Waals surface area contributed by atoms with Gasteiger partial charge in [0.1, 0.15) is 11.4 Å². The molecule has 3 rings (SSSR count). The molecular formula is C19H22FN3O4. The molecule has 144 valence electrons. The van der Waals surface area contributed by atoms with Crippen LogP contribution < -0.4 is 10.6 Å². The average Bonchev–Trinajstić information content (AvgIpc) is 2.81. The zero-order valence-corrected chi connectivity index (χ0v) is 15.3. The Kier molecular flexibility index (Phi) is 4.99. The van der Waals surface area contributed by atoms with Crippen molar-refractivity contribution in [3.05, 3.63) is 29.6 Å². The number of nitrogens with zero attached hydrogens (tertiary/aromatic N) is 1. The fourth-order valence-electron chi connectivity index (χ4n) is 3.66. The van der Waals surface area contributed by atoms with Crippen molar-refractivity contribution in [2.24, 2.45) is 5.92 Å². The van der Waals surface area contributed by atoms with E-state index in [1.807, 2.05) is 0 Å². The fourth-order valence-corrected chi connectivity index (χ4v) is 3.66. The number of hydrogen-bond acceptors (Lipinski definition) is 4. The van der Waals surface area contributed by atoms with Crippen molar-refractivity contribution in [2.45, 2.75) is 45.1 Å². The van der Waals surface area contributed by atoms with Crippen molar-refractivity contribution in [2.75, 3.05) is 11.9 Å². The van der Waals surface area contributed by atoms with Gasteiger partial charge in [0.15, 0.2) is 5.78 Å². The van der Waals surface area contributed by atoms with Gasteiger partial charge in [-0.2, -0.15) is 0 Å². The number of halogens is 1. The third-order valence-electron chi connectivity index (χ3n) is 5.27. The second kappa shape index (κ2) is 7.09. The lowest BCUT2D eigenvalue weighted by atomic mass is 9.77. The highest BCUT2D eigenvalue weighted by molar-refractivity contribution is 6.11. The van der Waals surface area contributed by atoms with E-state index in [-0.39, 0.29) is 17.2 Å². The summed E-state index contributed by atoms with van der Waals surface area (Å²) in [6.07, 6.45) is 2.74. The van der Waals surface area contributed by atoms with Crippen LogP contribution in [-0.2, 0) is 9.59 Å². The second-order valence-electron chi connectivity index (χ2n) is 7.39. The smallest absolute Gasteiger partial charge is 0.325 e. The molecule has 2 N–H and O–H groups in total. The Morgan fingerprint density at radius 3 is 2.56 bits per heavy atom. The lowest BCUT2D eigenvalue weighted by molar-refractivity contribution is -0.132. The minimum absolute atomic E-state index is 0.224. The van der Waals surface area contributed by atoms with Crippen LogP contribution in [-0.4, -0.2) is 40.6 Å². The first kappa shape index (κ1) is 19.0. The van der Waals surface area contributed by atoms with Gasteiger partial charge >= 0.3 is 6.03 Å². The third-order valence-corrected chi connectivity index (χ3v) is 5.27. The Hall–Kier alpha value is -2.77. The van der Waals surface area contributed by atoms with Crippen molar-refractivity contribution in [1.29, 1.82) is 0 Å². The number of Topliss-reactive ketones (excluding diaryl/α,β-unsaturated/α-hetero) is 1. The van der Waals surface area contributed by atoms with E-state index < -0.39 is 35.6 Å². The monoisotopic (exact) mass is 375 g/mol. The summed E-state index contributed by atoms with van der Waals surface area (Å²) in [6.45, 7) is 2.87. The summed E-state index contributed by atoms with van der Waals surface area (Å²) in [5, 5.41) is 5.16. The number of carbonyl (C=O) groups excluding carboxylic acids is 4. The molecule has 1 saturated heterocycles. The van der Waals surface area contributed by atoms with Gasteiger partial charge in [-0.05, 0) is 49.8 Å². The molecule has 0 atom stereocenters. The van der Waals surface area contributed by atoms with Crippen molar-refractivity contribution in [3.8, 4) is 0 Å². The van der Waals surface area contributed by atoms with E-state index in [4.69, 9.17) is 0 Å². The number of nitrogens with one attached hydrogen (secondary N) is 2. The van der Waals surface area contributed by atoms with Crippen LogP contribution in [0.5, 0.6) is 0 Å². The summed E-state index contributed by atoms with van der Waals surface area (Å²) >= 11 is 0. The Morgan fingerprint density at radius 2 is 1.96 bits per heavy atom. The number of imide groups is 1. The fraction of sp³-hybridized carbons (Fsp3) is 0.474. The number of anilines is 1. The van der Waals surface area contributed by atoms with Crippen molar-refractivity contribution >= 4 is 29.3 Å². The summed E-state index contributed by atoms with van der Waals surface area (Å²) in [5.74, 6) is -1.78. The van der Waals surface area contributed by atoms with Crippen LogP contribution in [0.1, 0.15) is 49.9 Å². The molecule has 1 aromatic carbocycles. The van der Waals surface area contributed by atoms with Gasteiger partial charge in [0.05, 0.1) is 12.1 Å². The third kappa shape index (κ3) is 3.70. The highest BCUT2D eigenvalue weighted by Gasteiger charge is 2.52.